The summed E-state index contributed by atoms with van der Waals surface area (Å²) < 4.78 is 7.40. The average molecular weight is 316 g/mol. The van der Waals surface area contributed by atoms with E-state index < -0.39 is 0 Å². The minimum Gasteiger partial charge on any atom is -0.492 e. The molecule has 6 nitrogen and oxygen atoms in total. The van der Waals surface area contributed by atoms with Gasteiger partial charge in [0.05, 0.1) is 19.1 Å². The number of carbonyl (C=O) groups excluding carboxylic acids is 1. The van der Waals surface area contributed by atoms with Crippen molar-refractivity contribution in [1.82, 2.24) is 20.4 Å². The molecular weight excluding hydrogens is 292 g/mol. The highest BCUT2D eigenvalue weighted by Crippen LogP contribution is 2.08. The molecule has 1 amide bonds. The molecule has 0 fully saturated rings. The van der Waals surface area contributed by atoms with Crippen LogP contribution in [0.4, 0.5) is 0 Å². The van der Waals surface area contributed by atoms with Gasteiger partial charge in [-0.1, -0.05) is 18.2 Å². The second kappa shape index (κ2) is 8.95. The Morgan fingerprint density at radius 2 is 2.04 bits per heavy atom. The lowest BCUT2D eigenvalue weighted by molar-refractivity contribution is -0.120. The molecule has 1 aromatic carbocycles. The van der Waals surface area contributed by atoms with E-state index in [0.29, 0.717) is 13.2 Å². The Morgan fingerprint density at radius 1 is 1.26 bits per heavy atom. The minimum atomic E-state index is -0.0406. The molecule has 6 heteroatoms. The third kappa shape index (κ3) is 5.75. The molecule has 0 saturated heterocycles. The Bertz CT molecular complexity index is 572. The molecule has 0 aliphatic carbocycles. The fourth-order valence-electron chi connectivity index (χ4n) is 2.11. The maximum Gasteiger partial charge on any atom is 0.234 e. The first-order valence-electron chi connectivity index (χ1n) is 7.84. The van der Waals surface area contributed by atoms with Gasteiger partial charge in [-0.25, -0.2) is 0 Å². The summed E-state index contributed by atoms with van der Waals surface area (Å²) in [4.78, 5) is 11.8. The summed E-state index contributed by atoms with van der Waals surface area (Å²) in [5, 5.41) is 10.3. The average Bonchev–Trinajstić information content (AvgIpc) is 3.11. The van der Waals surface area contributed by atoms with Crippen LogP contribution in [-0.2, 0) is 4.79 Å². The van der Waals surface area contributed by atoms with Gasteiger partial charge >= 0.3 is 0 Å². The fraction of sp³-hybridized carbons (Fsp3) is 0.412. The van der Waals surface area contributed by atoms with Crippen LogP contribution in [0.15, 0.2) is 48.8 Å². The van der Waals surface area contributed by atoms with Gasteiger partial charge in [0.25, 0.3) is 0 Å². The summed E-state index contributed by atoms with van der Waals surface area (Å²) in [7, 11) is 0. The summed E-state index contributed by atoms with van der Waals surface area (Å²) in [6.45, 7) is 5.32. The van der Waals surface area contributed by atoms with Crippen LogP contribution in [-0.4, -0.2) is 41.4 Å². The maximum atomic E-state index is 11.8. The lowest BCUT2D eigenvalue weighted by atomic mass is 10.2. The molecule has 0 radical (unpaired) electrons. The quantitative estimate of drug-likeness (QED) is 0.690. The van der Waals surface area contributed by atoms with Gasteiger partial charge in [-0.05, 0) is 32.0 Å². The first-order valence-corrected chi connectivity index (χ1v) is 7.84. The van der Waals surface area contributed by atoms with Gasteiger partial charge in [0.15, 0.2) is 0 Å². The monoisotopic (exact) mass is 316 g/mol. The zero-order valence-corrected chi connectivity index (χ0v) is 13.6. The topological polar surface area (TPSA) is 68.2 Å². The van der Waals surface area contributed by atoms with Gasteiger partial charge < -0.3 is 15.4 Å². The van der Waals surface area contributed by atoms with E-state index in [4.69, 9.17) is 4.74 Å². The summed E-state index contributed by atoms with van der Waals surface area (Å²) >= 11 is 0. The largest absolute Gasteiger partial charge is 0.492 e. The van der Waals surface area contributed by atoms with E-state index in [1.54, 1.807) is 6.20 Å². The van der Waals surface area contributed by atoms with E-state index in [9.17, 15) is 4.79 Å². The number of benzene rings is 1. The Morgan fingerprint density at radius 3 is 2.74 bits per heavy atom. The lowest BCUT2D eigenvalue weighted by Crippen LogP contribution is -2.42. The van der Waals surface area contributed by atoms with Gasteiger partial charge in [0.2, 0.25) is 5.91 Å². The van der Waals surface area contributed by atoms with E-state index in [-0.39, 0.29) is 24.5 Å². The Hall–Kier alpha value is -2.34. The molecule has 23 heavy (non-hydrogen) atoms. The van der Waals surface area contributed by atoms with Crippen molar-refractivity contribution < 1.29 is 9.53 Å². The standard InChI is InChI=1S/C17H24N4O2/c1-14(15(2)21-11-6-9-20-21)19-13-17(22)18-10-12-23-16-7-4-3-5-8-16/h3-9,11,14-15,19H,10,12-13H2,1-2H3,(H,18,22). The molecule has 2 N–H and O–H groups in total. The van der Waals surface area contributed by atoms with Crippen molar-refractivity contribution in [2.75, 3.05) is 19.7 Å². The van der Waals surface area contributed by atoms with Crippen molar-refractivity contribution >= 4 is 5.91 Å². The van der Waals surface area contributed by atoms with Gasteiger partial charge in [0, 0.05) is 18.4 Å². The van der Waals surface area contributed by atoms with E-state index in [1.165, 1.54) is 0 Å². The molecule has 2 rings (SSSR count). The third-order valence-electron chi connectivity index (χ3n) is 3.69. The smallest absolute Gasteiger partial charge is 0.234 e. The predicted molar refractivity (Wildman–Crippen MR) is 89.3 cm³/mol. The molecular formula is C17H24N4O2. The number of hydrogen-bond donors (Lipinski definition) is 2. The Kier molecular flexibility index (Phi) is 6.62. The second-order valence-electron chi connectivity index (χ2n) is 5.41. The molecule has 2 atom stereocenters. The third-order valence-corrected chi connectivity index (χ3v) is 3.69. The van der Waals surface area contributed by atoms with E-state index >= 15 is 0 Å². The van der Waals surface area contributed by atoms with Crippen LogP contribution in [0.3, 0.4) is 0 Å². The number of nitrogens with one attached hydrogen (secondary N) is 2. The summed E-state index contributed by atoms with van der Waals surface area (Å²) in [5.74, 6) is 0.766. The molecule has 0 spiro atoms. The van der Waals surface area contributed by atoms with Crippen molar-refractivity contribution in [2.24, 2.45) is 0 Å². The highest BCUT2D eigenvalue weighted by molar-refractivity contribution is 5.77. The molecule has 2 aromatic rings. The van der Waals surface area contributed by atoms with Crippen LogP contribution < -0.4 is 15.4 Å². The first kappa shape index (κ1) is 17.0. The molecule has 124 valence electrons. The number of nitrogens with zero attached hydrogens (tertiary/aromatic N) is 2. The normalized spacial score (nSPS) is 13.3. The number of aromatic nitrogens is 2. The summed E-state index contributed by atoms with van der Waals surface area (Å²) in [6, 6.07) is 11.8. The van der Waals surface area contributed by atoms with Crippen molar-refractivity contribution in [3.8, 4) is 5.75 Å². The van der Waals surface area contributed by atoms with Crippen LogP contribution in [0.25, 0.3) is 0 Å². The van der Waals surface area contributed by atoms with E-state index in [2.05, 4.69) is 22.7 Å². The molecule has 0 bridgehead atoms. The molecule has 2 unspecified atom stereocenters. The van der Waals surface area contributed by atoms with Crippen LogP contribution in [0, 0.1) is 0 Å². The lowest BCUT2D eigenvalue weighted by Gasteiger charge is -2.21. The molecule has 1 heterocycles. The Labute approximate surface area is 136 Å². The first-order chi connectivity index (χ1) is 11.2. The van der Waals surface area contributed by atoms with Crippen molar-refractivity contribution in [3.63, 3.8) is 0 Å². The van der Waals surface area contributed by atoms with Crippen LogP contribution >= 0.6 is 0 Å². The number of ether oxygens (including phenoxy) is 1. The van der Waals surface area contributed by atoms with Crippen molar-refractivity contribution in [2.45, 2.75) is 25.9 Å². The van der Waals surface area contributed by atoms with E-state index in [1.807, 2.05) is 54.2 Å². The summed E-state index contributed by atoms with van der Waals surface area (Å²) in [5.41, 5.74) is 0. The fourth-order valence-corrected chi connectivity index (χ4v) is 2.11. The van der Waals surface area contributed by atoms with Gasteiger partial charge in [-0.15, -0.1) is 0 Å². The number of hydrogen-bond acceptors (Lipinski definition) is 4. The number of rotatable bonds is 9. The maximum absolute atomic E-state index is 11.8. The predicted octanol–water partition coefficient (Wildman–Crippen LogP) is 1.62. The molecule has 0 aliphatic heterocycles. The minimum absolute atomic E-state index is 0.0406. The van der Waals surface area contributed by atoms with Crippen molar-refractivity contribution in [3.05, 3.63) is 48.8 Å². The highest BCUT2D eigenvalue weighted by Gasteiger charge is 2.14. The zero-order chi connectivity index (χ0) is 16.5. The molecule has 0 saturated carbocycles. The second-order valence-corrected chi connectivity index (χ2v) is 5.41. The van der Waals surface area contributed by atoms with E-state index in [0.717, 1.165) is 5.75 Å². The summed E-state index contributed by atoms with van der Waals surface area (Å²) in [6.07, 6.45) is 3.67. The van der Waals surface area contributed by atoms with Crippen LogP contribution in [0.5, 0.6) is 5.75 Å². The van der Waals surface area contributed by atoms with Gasteiger partial charge in [-0.2, -0.15) is 5.10 Å². The number of amides is 1. The molecule has 0 aliphatic rings. The van der Waals surface area contributed by atoms with Gasteiger partial charge in [-0.3, -0.25) is 9.48 Å². The highest BCUT2D eigenvalue weighted by atomic mass is 16.5. The SMILES string of the molecule is CC(NCC(=O)NCCOc1ccccc1)C(C)n1cccn1. The van der Waals surface area contributed by atoms with Gasteiger partial charge in [0.1, 0.15) is 12.4 Å². The zero-order valence-electron chi connectivity index (χ0n) is 13.6. The van der Waals surface area contributed by atoms with Crippen LogP contribution in [0.2, 0.25) is 0 Å². The Balaban J connectivity index is 1.59. The molecule has 1 aromatic heterocycles. The number of para-hydroxylation sites is 1. The van der Waals surface area contributed by atoms with Crippen LogP contribution in [0.1, 0.15) is 19.9 Å². The number of carbonyl (C=O) groups is 1. The van der Waals surface area contributed by atoms with Crippen molar-refractivity contribution in [1.29, 1.82) is 0 Å².